The van der Waals surface area contributed by atoms with Gasteiger partial charge in [0.25, 0.3) is 5.91 Å². The van der Waals surface area contributed by atoms with E-state index in [1.165, 1.54) is 30.2 Å². The molecule has 1 aromatic carbocycles. The number of hydrogen-bond donors (Lipinski definition) is 3. The lowest BCUT2D eigenvalue weighted by atomic mass is 9.52. The summed E-state index contributed by atoms with van der Waals surface area (Å²) < 4.78 is 0. The van der Waals surface area contributed by atoms with Crippen molar-refractivity contribution in [1.29, 1.82) is 0 Å². The van der Waals surface area contributed by atoms with Gasteiger partial charge in [-0.05, 0) is 62.3 Å². The van der Waals surface area contributed by atoms with E-state index in [0.717, 1.165) is 49.8 Å². The monoisotopic (exact) mass is 384 g/mol. The molecule has 1 aliphatic heterocycles. The number of amides is 1. The van der Waals surface area contributed by atoms with Crippen LogP contribution in [0.4, 0.5) is 5.69 Å². The lowest BCUT2D eigenvalue weighted by Gasteiger charge is -2.56. The number of likely N-dealkylation sites (N-methyl/N-ethyl adjacent to an activating group) is 1. The zero-order chi connectivity index (χ0) is 19.9. The number of phenolic OH excluding ortho intramolecular Hbond substituents is 2. The van der Waals surface area contributed by atoms with Crippen LogP contribution in [-0.4, -0.2) is 35.8 Å². The van der Waals surface area contributed by atoms with Gasteiger partial charge < -0.3 is 20.4 Å². The molecule has 0 radical (unpaired) electrons. The molecule has 5 nitrogen and oxygen atoms in total. The first-order valence-corrected chi connectivity index (χ1v) is 10.8. The highest BCUT2D eigenvalue weighted by Gasteiger charge is 2.52. The van der Waals surface area contributed by atoms with Crippen molar-refractivity contribution >= 4 is 11.6 Å². The normalized spacial score (nSPS) is 28.6. The van der Waals surface area contributed by atoms with E-state index in [1.807, 2.05) is 12.1 Å². The smallest absolute Gasteiger partial charge is 0.250 e. The van der Waals surface area contributed by atoms with Crippen molar-refractivity contribution in [3.8, 4) is 11.5 Å². The molecule has 0 spiro atoms. The van der Waals surface area contributed by atoms with Crippen LogP contribution in [0.1, 0.15) is 63.0 Å². The Morgan fingerprint density at radius 1 is 1.36 bits per heavy atom. The molecule has 0 unspecified atom stereocenters. The fourth-order valence-corrected chi connectivity index (χ4v) is 5.93. The van der Waals surface area contributed by atoms with Gasteiger partial charge in [0.1, 0.15) is 17.2 Å². The zero-order valence-corrected chi connectivity index (χ0v) is 17.0. The summed E-state index contributed by atoms with van der Waals surface area (Å²) in [5.74, 6) is 0.420. The molecular weight excluding hydrogens is 352 g/mol. The highest BCUT2D eigenvalue weighted by Crippen LogP contribution is 2.57. The Balaban J connectivity index is 1.76. The van der Waals surface area contributed by atoms with E-state index in [-0.39, 0.29) is 28.5 Å². The minimum Gasteiger partial charge on any atom is -0.506 e. The number of nitrogens with zero attached hydrogens (tertiary/aromatic N) is 1. The second-order valence-corrected chi connectivity index (χ2v) is 8.73. The summed E-state index contributed by atoms with van der Waals surface area (Å²) in [6, 6.07) is 2.22. The average molecular weight is 385 g/mol. The van der Waals surface area contributed by atoms with Gasteiger partial charge in [-0.25, -0.2) is 0 Å². The van der Waals surface area contributed by atoms with Crippen molar-refractivity contribution in [3.05, 3.63) is 29.3 Å². The van der Waals surface area contributed by atoms with Gasteiger partial charge in [0, 0.05) is 24.1 Å². The van der Waals surface area contributed by atoms with Gasteiger partial charge in [-0.3, -0.25) is 4.79 Å². The van der Waals surface area contributed by atoms with E-state index >= 15 is 0 Å². The Kier molecular flexibility index (Phi) is 5.13. The van der Waals surface area contributed by atoms with E-state index in [2.05, 4.69) is 12.2 Å². The van der Waals surface area contributed by atoms with Gasteiger partial charge >= 0.3 is 0 Å². The van der Waals surface area contributed by atoms with Crippen LogP contribution in [0.3, 0.4) is 0 Å². The zero-order valence-electron chi connectivity index (χ0n) is 17.0. The summed E-state index contributed by atoms with van der Waals surface area (Å²) in [6.07, 6.45) is 11.8. The minimum absolute atomic E-state index is 0.00618. The molecule has 3 N–H and O–H groups in total. The Labute approximate surface area is 167 Å². The summed E-state index contributed by atoms with van der Waals surface area (Å²) in [4.78, 5) is 13.9. The first-order valence-electron chi connectivity index (χ1n) is 10.8. The van der Waals surface area contributed by atoms with Crippen molar-refractivity contribution in [2.45, 2.75) is 69.7 Å². The fraction of sp³-hybridized carbons (Fsp3) is 0.609. The number of fused-ring (bicyclic) bond motifs is 1. The van der Waals surface area contributed by atoms with E-state index in [4.69, 9.17) is 0 Å². The molecule has 1 aromatic rings. The summed E-state index contributed by atoms with van der Waals surface area (Å²) in [5.41, 5.74) is 2.32. The van der Waals surface area contributed by atoms with Crippen LogP contribution in [0.25, 0.3) is 0 Å². The lowest BCUT2D eigenvalue weighted by Crippen LogP contribution is -2.59. The number of piperidine rings is 1. The van der Waals surface area contributed by atoms with E-state index in [0.29, 0.717) is 12.0 Å². The number of phenols is 2. The number of anilines is 1. The third kappa shape index (κ3) is 2.91. The van der Waals surface area contributed by atoms with Crippen LogP contribution >= 0.6 is 0 Å². The second-order valence-electron chi connectivity index (χ2n) is 8.73. The number of nitrogens with one attached hydrogen (secondary N) is 1. The molecule has 2 bridgehead atoms. The number of rotatable bonds is 4. The van der Waals surface area contributed by atoms with Gasteiger partial charge in [0.05, 0.1) is 0 Å². The highest BCUT2D eigenvalue weighted by atomic mass is 16.3. The summed E-state index contributed by atoms with van der Waals surface area (Å²) in [7, 11) is 1.61. The molecule has 0 aromatic heterocycles. The van der Waals surface area contributed by atoms with E-state index < -0.39 is 0 Å². The third-order valence-corrected chi connectivity index (χ3v) is 7.26. The Hall–Kier alpha value is -2.01. The van der Waals surface area contributed by atoms with Crippen molar-refractivity contribution in [3.63, 3.8) is 0 Å². The number of aromatic hydroxyl groups is 2. The van der Waals surface area contributed by atoms with Crippen LogP contribution in [-0.2, 0) is 16.6 Å². The molecule has 4 rings (SSSR count). The van der Waals surface area contributed by atoms with Crippen molar-refractivity contribution in [2.75, 3.05) is 18.5 Å². The third-order valence-electron chi connectivity index (χ3n) is 7.26. The van der Waals surface area contributed by atoms with Crippen LogP contribution in [0.15, 0.2) is 18.2 Å². The van der Waals surface area contributed by atoms with Crippen LogP contribution in [0.2, 0.25) is 0 Å². The Morgan fingerprint density at radius 3 is 2.96 bits per heavy atom. The summed E-state index contributed by atoms with van der Waals surface area (Å²) in [6.45, 7) is 3.05. The number of hydrogen-bond acceptors (Lipinski definition) is 4. The molecule has 2 aliphatic carbocycles. The summed E-state index contributed by atoms with van der Waals surface area (Å²) in [5, 5.41) is 25.6. The van der Waals surface area contributed by atoms with Gasteiger partial charge in [0.2, 0.25) is 0 Å². The SMILES string of the molecule is CCCC=CC(=O)N(C)c1c(O)cc2c(c1O)C[C@H]1NCC[C@@]23CCCC[C@@H]13. The maximum Gasteiger partial charge on any atom is 0.250 e. The van der Waals surface area contributed by atoms with E-state index in [9.17, 15) is 15.0 Å². The van der Waals surface area contributed by atoms with Crippen molar-refractivity contribution in [2.24, 2.45) is 5.92 Å². The number of carbonyl (C=O) groups is 1. The predicted octanol–water partition coefficient (Wildman–Crippen LogP) is 3.76. The number of benzene rings is 1. The van der Waals surface area contributed by atoms with Crippen LogP contribution < -0.4 is 10.2 Å². The molecule has 2 fully saturated rings. The fourth-order valence-electron chi connectivity index (χ4n) is 5.93. The van der Waals surface area contributed by atoms with Gasteiger partial charge in [-0.1, -0.05) is 32.3 Å². The largest absolute Gasteiger partial charge is 0.506 e. The Morgan fingerprint density at radius 2 is 2.18 bits per heavy atom. The number of carbonyl (C=O) groups excluding carboxylic acids is 1. The first kappa shape index (κ1) is 19.3. The molecule has 1 heterocycles. The standard InChI is InChI=1S/C23H32N2O3/c1-3-4-5-9-20(27)25(2)21-19(26)14-17-15(22(21)28)13-18-16-8-6-7-10-23(16,17)11-12-24-18/h5,9,14,16,18,24,26,28H,3-4,6-8,10-13H2,1-2H3/t16-,18+,23+/m0/s1. The quantitative estimate of drug-likeness (QED) is 0.691. The average Bonchev–Trinajstić information content (AvgIpc) is 2.69. The molecule has 3 aliphatic rings. The van der Waals surface area contributed by atoms with Crippen LogP contribution in [0.5, 0.6) is 11.5 Å². The lowest BCUT2D eigenvalue weighted by molar-refractivity contribution is -0.114. The molecule has 1 saturated heterocycles. The molecular formula is C23H32N2O3. The van der Waals surface area contributed by atoms with Crippen LogP contribution in [0, 0.1) is 5.92 Å². The number of allylic oxidation sites excluding steroid dienone is 1. The Bertz CT molecular complexity index is 800. The van der Waals surface area contributed by atoms with Crippen molar-refractivity contribution in [1.82, 2.24) is 5.32 Å². The summed E-state index contributed by atoms with van der Waals surface area (Å²) >= 11 is 0. The first-order chi connectivity index (χ1) is 13.5. The molecule has 1 saturated carbocycles. The molecule has 3 atom stereocenters. The van der Waals surface area contributed by atoms with Crippen molar-refractivity contribution < 1.29 is 15.0 Å². The maximum atomic E-state index is 12.5. The van der Waals surface area contributed by atoms with Gasteiger partial charge in [0.15, 0.2) is 0 Å². The topological polar surface area (TPSA) is 72.8 Å². The van der Waals surface area contributed by atoms with Gasteiger partial charge in [-0.2, -0.15) is 0 Å². The molecule has 5 heteroatoms. The predicted molar refractivity (Wildman–Crippen MR) is 111 cm³/mol. The van der Waals surface area contributed by atoms with Gasteiger partial charge in [-0.15, -0.1) is 0 Å². The highest BCUT2D eigenvalue weighted by molar-refractivity contribution is 6.03. The second kappa shape index (κ2) is 7.43. The number of unbranched alkanes of at least 4 members (excludes halogenated alkanes) is 1. The molecule has 152 valence electrons. The molecule has 28 heavy (non-hydrogen) atoms. The maximum absolute atomic E-state index is 12.5. The molecule has 1 amide bonds. The van der Waals surface area contributed by atoms with E-state index in [1.54, 1.807) is 7.05 Å². The minimum atomic E-state index is -0.234.